The van der Waals surface area contributed by atoms with Crippen molar-refractivity contribution < 1.29 is 10.2 Å². The topological polar surface area (TPSA) is 53.4 Å². The van der Waals surface area contributed by atoms with E-state index in [9.17, 15) is 0 Å². The zero-order chi connectivity index (χ0) is 7.72. The van der Waals surface area contributed by atoms with Crippen molar-refractivity contribution >= 4 is 11.6 Å². The smallest absolute Gasteiger partial charge is 0.180 e. The summed E-state index contributed by atoms with van der Waals surface area (Å²) < 4.78 is 0. The van der Waals surface area contributed by atoms with E-state index in [1.54, 1.807) is 6.92 Å². The van der Waals surface area contributed by atoms with Gasteiger partial charge in [-0.05, 0) is 6.92 Å². The second-order valence-corrected chi connectivity index (χ2v) is 2.30. The summed E-state index contributed by atoms with van der Waals surface area (Å²) in [6, 6.07) is 0. The summed E-state index contributed by atoms with van der Waals surface area (Å²) in [4.78, 5) is 3.70. The third kappa shape index (κ3) is 0.998. The third-order valence-corrected chi connectivity index (χ3v) is 1.44. The van der Waals surface area contributed by atoms with Crippen LogP contribution in [-0.2, 0) is 0 Å². The molecular formula is C6H6ClNO2. The Labute approximate surface area is 62.9 Å². The number of pyridine rings is 1. The Morgan fingerprint density at radius 1 is 1.40 bits per heavy atom. The van der Waals surface area contributed by atoms with Crippen molar-refractivity contribution in [3.05, 3.63) is 16.9 Å². The molecule has 0 aromatic carbocycles. The van der Waals surface area contributed by atoms with Crippen molar-refractivity contribution in [1.82, 2.24) is 4.98 Å². The lowest BCUT2D eigenvalue weighted by atomic mass is 10.3. The Kier molecular flexibility index (Phi) is 1.68. The molecule has 0 saturated heterocycles. The maximum Gasteiger partial charge on any atom is 0.180 e. The van der Waals surface area contributed by atoms with E-state index >= 15 is 0 Å². The second-order valence-electron chi connectivity index (χ2n) is 1.89. The Hall–Kier alpha value is -0.960. The van der Waals surface area contributed by atoms with Crippen molar-refractivity contribution in [2.24, 2.45) is 0 Å². The second kappa shape index (κ2) is 2.34. The molecule has 1 rings (SSSR count). The van der Waals surface area contributed by atoms with Crippen molar-refractivity contribution in [2.45, 2.75) is 6.92 Å². The van der Waals surface area contributed by atoms with Gasteiger partial charge in [0.15, 0.2) is 11.5 Å². The highest BCUT2D eigenvalue weighted by atomic mass is 35.5. The van der Waals surface area contributed by atoms with Crippen LogP contribution in [0.25, 0.3) is 0 Å². The molecule has 1 aromatic rings. The van der Waals surface area contributed by atoms with Gasteiger partial charge in [0.05, 0.1) is 5.69 Å². The Bertz CT molecular complexity index is 235. The molecule has 4 heteroatoms. The number of aryl methyl sites for hydroxylation is 1. The molecule has 54 valence electrons. The Balaban J connectivity index is 3.34. The van der Waals surface area contributed by atoms with Crippen LogP contribution in [0.15, 0.2) is 6.20 Å². The highest BCUT2D eigenvalue weighted by Crippen LogP contribution is 2.33. The van der Waals surface area contributed by atoms with Crippen LogP contribution in [0.5, 0.6) is 11.5 Å². The molecule has 0 spiro atoms. The van der Waals surface area contributed by atoms with Crippen molar-refractivity contribution in [3.8, 4) is 11.5 Å². The lowest BCUT2D eigenvalue weighted by Gasteiger charge is -2.00. The minimum atomic E-state index is -0.311. The quantitative estimate of drug-likeness (QED) is 0.603. The van der Waals surface area contributed by atoms with Crippen LogP contribution in [0.2, 0.25) is 5.02 Å². The van der Waals surface area contributed by atoms with E-state index in [4.69, 9.17) is 21.8 Å². The summed E-state index contributed by atoms with van der Waals surface area (Å²) >= 11 is 5.41. The van der Waals surface area contributed by atoms with Gasteiger partial charge in [-0.15, -0.1) is 0 Å². The molecule has 0 aliphatic rings. The monoisotopic (exact) mass is 159 g/mol. The molecule has 0 amide bonds. The number of halogens is 1. The summed E-state index contributed by atoms with van der Waals surface area (Å²) in [5.74, 6) is -0.568. The molecule has 0 atom stereocenters. The fraction of sp³-hybridized carbons (Fsp3) is 0.167. The first-order valence-corrected chi connectivity index (χ1v) is 3.03. The molecule has 2 N–H and O–H groups in total. The SMILES string of the molecule is Cc1ncc(Cl)c(O)c1O. The molecule has 3 nitrogen and oxygen atoms in total. The predicted molar refractivity (Wildman–Crippen MR) is 37.3 cm³/mol. The largest absolute Gasteiger partial charge is 0.503 e. The normalized spacial score (nSPS) is 9.80. The molecule has 0 radical (unpaired) electrons. The van der Waals surface area contributed by atoms with Gasteiger partial charge in [-0.3, -0.25) is 4.98 Å². The van der Waals surface area contributed by atoms with Gasteiger partial charge >= 0.3 is 0 Å². The zero-order valence-corrected chi connectivity index (χ0v) is 6.05. The van der Waals surface area contributed by atoms with Crippen molar-refractivity contribution in [2.75, 3.05) is 0 Å². The fourth-order valence-electron chi connectivity index (χ4n) is 0.560. The predicted octanol–water partition coefficient (Wildman–Crippen LogP) is 1.45. The number of aromatic nitrogens is 1. The van der Waals surface area contributed by atoms with Crippen LogP contribution in [0.3, 0.4) is 0 Å². The highest BCUT2D eigenvalue weighted by molar-refractivity contribution is 6.32. The van der Waals surface area contributed by atoms with Crippen LogP contribution >= 0.6 is 11.6 Å². The molecule has 0 unspecified atom stereocenters. The van der Waals surface area contributed by atoms with Crippen LogP contribution < -0.4 is 0 Å². The third-order valence-electron chi connectivity index (χ3n) is 1.16. The molecule has 0 aliphatic carbocycles. The van der Waals surface area contributed by atoms with E-state index in [1.165, 1.54) is 6.20 Å². The molecule has 0 bridgehead atoms. The maximum atomic E-state index is 8.99. The number of rotatable bonds is 0. The van der Waals surface area contributed by atoms with Crippen molar-refractivity contribution in [1.29, 1.82) is 0 Å². The Morgan fingerprint density at radius 2 is 2.00 bits per heavy atom. The van der Waals surface area contributed by atoms with Gasteiger partial charge in [-0.1, -0.05) is 11.6 Å². The van der Waals surface area contributed by atoms with Gasteiger partial charge < -0.3 is 10.2 Å². The van der Waals surface area contributed by atoms with Gasteiger partial charge in [-0.2, -0.15) is 0 Å². The van der Waals surface area contributed by atoms with Crippen LogP contribution in [0.4, 0.5) is 0 Å². The number of hydrogen-bond donors (Lipinski definition) is 2. The van der Waals surface area contributed by atoms with E-state index in [0.717, 1.165) is 0 Å². The van der Waals surface area contributed by atoms with Gasteiger partial charge in [0.1, 0.15) is 5.02 Å². The minimum absolute atomic E-state index is 0.0584. The molecule has 0 fully saturated rings. The Morgan fingerprint density at radius 3 is 2.50 bits per heavy atom. The average Bonchev–Trinajstić information content (AvgIpc) is 1.93. The molecule has 1 aromatic heterocycles. The summed E-state index contributed by atoms with van der Waals surface area (Å²) in [5.41, 5.74) is 0.363. The summed E-state index contributed by atoms with van der Waals surface area (Å²) in [6.45, 7) is 1.57. The molecular weight excluding hydrogens is 154 g/mol. The first kappa shape index (κ1) is 7.15. The standard InChI is InChI=1S/C6H6ClNO2/c1-3-5(9)6(10)4(7)2-8-3/h2,9H,1H3,(H,8,10). The van der Waals surface area contributed by atoms with E-state index in [0.29, 0.717) is 5.69 Å². The van der Waals surface area contributed by atoms with Gasteiger partial charge in [-0.25, -0.2) is 0 Å². The number of hydrogen-bond acceptors (Lipinski definition) is 3. The number of aromatic hydroxyl groups is 2. The van der Waals surface area contributed by atoms with E-state index in [2.05, 4.69) is 4.98 Å². The first-order chi connectivity index (χ1) is 4.63. The van der Waals surface area contributed by atoms with E-state index in [-0.39, 0.29) is 16.5 Å². The zero-order valence-electron chi connectivity index (χ0n) is 5.30. The average molecular weight is 160 g/mol. The first-order valence-electron chi connectivity index (χ1n) is 2.66. The van der Waals surface area contributed by atoms with E-state index in [1.807, 2.05) is 0 Å². The highest BCUT2D eigenvalue weighted by Gasteiger charge is 2.06. The molecule has 10 heavy (non-hydrogen) atoms. The van der Waals surface area contributed by atoms with Crippen molar-refractivity contribution in [3.63, 3.8) is 0 Å². The minimum Gasteiger partial charge on any atom is -0.503 e. The van der Waals surface area contributed by atoms with Gasteiger partial charge in [0, 0.05) is 6.20 Å². The van der Waals surface area contributed by atoms with Gasteiger partial charge in [0.25, 0.3) is 0 Å². The summed E-state index contributed by atoms with van der Waals surface area (Å²) in [7, 11) is 0. The van der Waals surface area contributed by atoms with E-state index < -0.39 is 0 Å². The lowest BCUT2D eigenvalue weighted by Crippen LogP contribution is -1.81. The molecule has 0 saturated carbocycles. The summed E-state index contributed by atoms with van der Waals surface area (Å²) in [5, 5.41) is 18.0. The maximum absolute atomic E-state index is 8.99. The van der Waals surface area contributed by atoms with Crippen LogP contribution in [0.1, 0.15) is 5.69 Å². The fourth-order valence-corrected chi connectivity index (χ4v) is 0.699. The summed E-state index contributed by atoms with van der Waals surface area (Å²) in [6.07, 6.45) is 1.28. The van der Waals surface area contributed by atoms with Gasteiger partial charge in [0.2, 0.25) is 0 Å². The molecule has 0 aliphatic heterocycles. The van der Waals surface area contributed by atoms with Crippen LogP contribution in [-0.4, -0.2) is 15.2 Å². The van der Waals surface area contributed by atoms with Crippen LogP contribution in [0, 0.1) is 6.92 Å². The number of nitrogens with zero attached hydrogens (tertiary/aromatic N) is 1. The lowest BCUT2D eigenvalue weighted by molar-refractivity contribution is 0.398. The molecule has 1 heterocycles.